The van der Waals surface area contributed by atoms with Crippen LogP contribution in [0.3, 0.4) is 0 Å². The lowest BCUT2D eigenvalue weighted by Gasteiger charge is -2.16. The van der Waals surface area contributed by atoms with Gasteiger partial charge in [-0.15, -0.1) is 11.8 Å². The van der Waals surface area contributed by atoms with Gasteiger partial charge in [0.2, 0.25) is 0 Å². The number of hydrogen-bond acceptors (Lipinski definition) is 3. The molecule has 0 aliphatic carbocycles. The predicted octanol–water partition coefficient (Wildman–Crippen LogP) is 5.51. The molecule has 1 aromatic carbocycles. The molecule has 0 unspecified atom stereocenters. The van der Waals surface area contributed by atoms with E-state index in [0.717, 1.165) is 34.4 Å². The van der Waals surface area contributed by atoms with E-state index in [-0.39, 0.29) is 0 Å². The number of benzene rings is 1. The molecule has 124 valence electrons. The highest BCUT2D eigenvalue weighted by atomic mass is 32.2. The van der Waals surface area contributed by atoms with Gasteiger partial charge in [-0.3, -0.25) is 4.40 Å². The van der Waals surface area contributed by atoms with Crippen molar-refractivity contribution in [2.45, 2.75) is 51.5 Å². The second kappa shape index (κ2) is 7.27. The molecule has 0 saturated carbocycles. The summed E-state index contributed by atoms with van der Waals surface area (Å²) in [6.45, 7) is 6.47. The SMILES string of the molecule is CCCCCSc1c(CC)c(C)c(C#N)c2nc3ccccc3n12. The van der Waals surface area contributed by atoms with Gasteiger partial charge in [-0.2, -0.15) is 5.26 Å². The smallest absolute Gasteiger partial charge is 0.157 e. The summed E-state index contributed by atoms with van der Waals surface area (Å²) in [7, 11) is 0. The molecule has 0 fully saturated rings. The summed E-state index contributed by atoms with van der Waals surface area (Å²) >= 11 is 1.91. The largest absolute Gasteiger partial charge is 0.286 e. The third kappa shape index (κ3) is 2.78. The summed E-state index contributed by atoms with van der Waals surface area (Å²) in [5.74, 6) is 1.10. The number of thioether (sulfide) groups is 1. The van der Waals surface area contributed by atoms with E-state index < -0.39 is 0 Å². The molecule has 0 spiro atoms. The molecule has 3 rings (SSSR count). The monoisotopic (exact) mass is 337 g/mol. The average Bonchev–Trinajstić information content (AvgIpc) is 2.97. The number of rotatable bonds is 6. The number of aromatic nitrogens is 2. The molecule has 0 aliphatic rings. The number of unbranched alkanes of at least 4 members (excludes halogenated alkanes) is 2. The Morgan fingerprint density at radius 2 is 2.00 bits per heavy atom. The van der Waals surface area contributed by atoms with Crippen molar-refractivity contribution >= 4 is 28.4 Å². The van der Waals surface area contributed by atoms with Crippen molar-refractivity contribution in [3.63, 3.8) is 0 Å². The summed E-state index contributed by atoms with van der Waals surface area (Å²) in [5.41, 5.74) is 5.92. The third-order valence-electron chi connectivity index (χ3n) is 4.53. The Morgan fingerprint density at radius 1 is 1.21 bits per heavy atom. The maximum absolute atomic E-state index is 9.69. The fourth-order valence-corrected chi connectivity index (χ4v) is 4.56. The van der Waals surface area contributed by atoms with Crippen LogP contribution in [-0.2, 0) is 6.42 Å². The maximum atomic E-state index is 9.69. The van der Waals surface area contributed by atoms with Crippen molar-refractivity contribution in [3.05, 3.63) is 41.0 Å². The fourth-order valence-electron chi connectivity index (χ4n) is 3.24. The van der Waals surface area contributed by atoms with E-state index in [1.807, 2.05) is 30.0 Å². The molecule has 3 aromatic rings. The van der Waals surface area contributed by atoms with Gasteiger partial charge in [0.25, 0.3) is 0 Å². The number of hydrogen-bond donors (Lipinski definition) is 0. The molecule has 2 aromatic heterocycles. The molecule has 2 heterocycles. The normalized spacial score (nSPS) is 11.2. The lowest BCUT2D eigenvalue weighted by Crippen LogP contribution is -2.04. The highest BCUT2D eigenvalue weighted by molar-refractivity contribution is 7.99. The molecule has 0 amide bonds. The number of fused-ring (bicyclic) bond motifs is 3. The summed E-state index contributed by atoms with van der Waals surface area (Å²) < 4.78 is 2.20. The number of pyridine rings is 1. The van der Waals surface area contributed by atoms with Crippen LogP contribution in [-0.4, -0.2) is 15.1 Å². The van der Waals surface area contributed by atoms with Gasteiger partial charge in [0, 0.05) is 0 Å². The number of imidazole rings is 1. The molecule has 24 heavy (non-hydrogen) atoms. The summed E-state index contributed by atoms with van der Waals surface area (Å²) in [5, 5.41) is 10.9. The standard InChI is InChI=1S/C20H23N3S/c1-4-6-9-12-24-20-15(5-2)14(3)16(13-21)19-22-17-10-7-8-11-18(17)23(19)20/h7-8,10-11H,4-6,9,12H2,1-3H3. The van der Waals surface area contributed by atoms with Gasteiger partial charge < -0.3 is 0 Å². The van der Waals surface area contributed by atoms with E-state index in [4.69, 9.17) is 4.98 Å². The van der Waals surface area contributed by atoms with Crippen LogP contribution in [0.5, 0.6) is 0 Å². The Balaban J connectivity index is 2.28. The van der Waals surface area contributed by atoms with Gasteiger partial charge in [0.1, 0.15) is 6.07 Å². The van der Waals surface area contributed by atoms with Crippen LogP contribution in [0.1, 0.15) is 49.8 Å². The Morgan fingerprint density at radius 3 is 2.71 bits per heavy atom. The highest BCUT2D eigenvalue weighted by Gasteiger charge is 2.19. The van der Waals surface area contributed by atoms with Gasteiger partial charge in [-0.1, -0.05) is 38.8 Å². The van der Waals surface area contributed by atoms with Crippen LogP contribution in [0.4, 0.5) is 0 Å². The van der Waals surface area contributed by atoms with E-state index >= 15 is 0 Å². The van der Waals surface area contributed by atoms with Crippen molar-refractivity contribution in [1.29, 1.82) is 5.26 Å². The quantitative estimate of drug-likeness (QED) is 0.440. The molecular weight excluding hydrogens is 314 g/mol. The molecule has 0 N–H and O–H groups in total. The zero-order valence-electron chi connectivity index (χ0n) is 14.6. The predicted molar refractivity (Wildman–Crippen MR) is 102 cm³/mol. The molecule has 0 saturated heterocycles. The van der Waals surface area contributed by atoms with Crippen molar-refractivity contribution in [3.8, 4) is 6.07 Å². The number of nitrogens with zero attached hydrogens (tertiary/aromatic N) is 3. The van der Waals surface area contributed by atoms with Crippen LogP contribution in [0.2, 0.25) is 0 Å². The van der Waals surface area contributed by atoms with Crippen LogP contribution >= 0.6 is 11.8 Å². The summed E-state index contributed by atoms with van der Waals surface area (Å²) in [6.07, 6.45) is 4.64. The van der Waals surface area contributed by atoms with Gasteiger partial charge in [0.15, 0.2) is 5.65 Å². The van der Waals surface area contributed by atoms with Crippen LogP contribution in [0.25, 0.3) is 16.7 Å². The minimum Gasteiger partial charge on any atom is -0.286 e. The first-order valence-electron chi connectivity index (χ1n) is 8.68. The average molecular weight is 337 g/mol. The Labute approximate surface area is 147 Å². The van der Waals surface area contributed by atoms with Crippen LogP contribution < -0.4 is 0 Å². The van der Waals surface area contributed by atoms with Crippen molar-refractivity contribution < 1.29 is 0 Å². The molecule has 0 bridgehead atoms. The van der Waals surface area contributed by atoms with Gasteiger partial charge in [-0.05, 0) is 48.8 Å². The lowest BCUT2D eigenvalue weighted by molar-refractivity contribution is 0.777. The third-order valence-corrected chi connectivity index (χ3v) is 5.72. The molecule has 3 nitrogen and oxygen atoms in total. The number of para-hydroxylation sites is 2. The minimum atomic E-state index is 0.709. The fraction of sp³-hybridized carbons (Fsp3) is 0.400. The Hall–Kier alpha value is -1.99. The molecule has 0 aliphatic heterocycles. The van der Waals surface area contributed by atoms with E-state index in [1.165, 1.54) is 29.9 Å². The van der Waals surface area contributed by atoms with E-state index in [2.05, 4.69) is 37.3 Å². The van der Waals surface area contributed by atoms with Crippen molar-refractivity contribution in [2.24, 2.45) is 0 Å². The van der Waals surface area contributed by atoms with Crippen molar-refractivity contribution in [2.75, 3.05) is 5.75 Å². The maximum Gasteiger partial charge on any atom is 0.157 e. The molecular formula is C20H23N3S. The first kappa shape index (κ1) is 16.9. The van der Waals surface area contributed by atoms with Gasteiger partial charge in [-0.25, -0.2) is 4.98 Å². The zero-order valence-corrected chi connectivity index (χ0v) is 15.4. The van der Waals surface area contributed by atoms with E-state index in [0.29, 0.717) is 5.56 Å². The first-order valence-corrected chi connectivity index (χ1v) is 9.67. The topological polar surface area (TPSA) is 41.1 Å². The Kier molecular flexibility index (Phi) is 5.11. The van der Waals surface area contributed by atoms with Crippen LogP contribution in [0.15, 0.2) is 29.3 Å². The van der Waals surface area contributed by atoms with Crippen molar-refractivity contribution in [1.82, 2.24) is 9.38 Å². The second-order valence-electron chi connectivity index (χ2n) is 6.06. The first-order chi connectivity index (χ1) is 11.7. The molecule has 0 atom stereocenters. The number of nitriles is 1. The highest BCUT2D eigenvalue weighted by Crippen LogP contribution is 2.34. The minimum absolute atomic E-state index is 0.709. The van der Waals surface area contributed by atoms with E-state index in [1.54, 1.807) is 0 Å². The zero-order chi connectivity index (χ0) is 17.1. The molecule has 4 heteroatoms. The lowest BCUT2D eigenvalue weighted by atomic mass is 10.0. The van der Waals surface area contributed by atoms with Crippen LogP contribution in [0, 0.1) is 18.3 Å². The summed E-state index contributed by atoms with van der Waals surface area (Å²) in [6, 6.07) is 10.6. The van der Waals surface area contributed by atoms with E-state index in [9.17, 15) is 5.26 Å². The Bertz CT molecular complexity index is 918. The summed E-state index contributed by atoms with van der Waals surface area (Å²) in [4.78, 5) is 4.75. The van der Waals surface area contributed by atoms with Gasteiger partial charge >= 0.3 is 0 Å². The second-order valence-corrected chi connectivity index (χ2v) is 7.15. The molecule has 0 radical (unpaired) electrons. The van der Waals surface area contributed by atoms with Gasteiger partial charge in [0.05, 0.1) is 21.6 Å².